The second kappa shape index (κ2) is 6.17. The van der Waals surface area contributed by atoms with Crippen LogP contribution in [0.1, 0.15) is 35.2 Å². The largest absolute Gasteiger partial charge is 0.310 e. The van der Waals surface area contributed by atoms with Gasteiger partial charge in [-0.1, -0.05) is 25.1 Å². The Balaban J connectivity index is 2.26. The molecule has 1 unspecified atom stereocenters. The van der Waals surface area contributed by atoms with E-state index in [1.807, 2.05) is 0 Å². The summed E-state index contributed by atoms with van der Waals surface area (Å²) in [7, 11) is 0. The van der Waals surface area contributed by atoms with E-state index in [2.05, 4.69) is 61.1 Å². The van der Waals surface area contributed by atoms with Gasteiger partial charge in [-0.25, -0.2) is 0 Å². The van der Waals surface area contributed by atoms with Crippen molar-refractivity contribution >= 4 is 11.3 Å². The maximum absolute atomic E-state index is 3.61. The van der Waals surface area contributed by atoms with Crippen LogP contribution in [-0.2, 0) is 6.42 Å². The molecule has 1 aromatic carbocycles. The second-order valence-electron chi connectivity index (χ2n) is 4.74. The SMILES string of the molecule is CCNC(Cc1ccsc1)c1cccc(C)c1C. The molecule has 1 atom stereocenters. The standard InChI is InChI=1S/C16H21NS/c1-4-17-16(10-14-8-9-18-11-14)15-7-5-6-12(2)13(15)3/h5-9,11,16-17H,4,10H2,1-3H3. The molecule has 0 aliphatic carbocycles. The van der Waals surface area contributed by atoms with Crippen molar-refractivity contribution in [2.24, 2.45) is 0 Å². The average Bonchev–Trinajstić information content (AvgIpc) is 2.85. The van der Waals surface area contributed by atoms with Crippen LogP contribution in [0.15, 0.2) is 35.0 Å². The summed E-state index contributed by atoms with van der Waals surface area (Å²) >= 11 is 1.77. The third-order valence-corrected chi connectivity index (χ3v) is 4.22. The van der Waals surface area contributed by atoms with Crippen LogP contribution in [0.4, 0.5) is 0 Å². The van der Waals surface area contributed by atoms with Crippen LogP contribution in [0.25, 0.3) is 0 Å². The predicted octanol–water partition coefficient (Wildman–Crippen LogP) is 4.26. The van der Waals surface area contributed by atoms with Crippen molar-refractivity contribution < 1.29 is 0 Å². The van der Waals surface area contributed by atoms with Crippen LogP contribution in [0, 0.1) is 13.8 Å². The van der Waals surface area contributed by atoms with Gasteiger partial charge < -0.3 is 5.32 Å². The molecule has 2 heteroatoms. The molecular formula is C16H21NS. The third-order valence-electron chi connectivity index (χ3n) is 3.49. The topological polar surface area (TPSA) is 12.0 Å². The summed E-state index contributed by atoms with van der Waals surface area (Å²) in [6.45, 7) is 7.59. The summed E-state index contributed by atoms with van der Waals surface area (Å²) in [6, 6.07) is 9.24. The first kappa shape index (κ1) is 13.3. The molecule has 18 heavy (non-hydrogen) atoms. The van der Waals surface area contributed by atoms with Gasteiger partial charge in [-0.05, 0) is 65.9 Å². The van der Waals surface area contributed by atoms with Gasteiger partial charge in [0.15, 0.2) is 0 Å². The zero-order chi connectivity index (χ0) is 13.0. The lowest BCUT2D eigenvalue weighted by atomic mass is 9.94. The van der Waals surface area contributed by atoms with E-state index < -0.39 is 0 Å². The molecule has 1 heterocycles. The van der Waals surface area contributed by atoms with E-state index in [9.17, 15) is 0 Å². The molecule has 2 aromatic rings. The zero-order valence-corrected chi connectivity index (χ0v) is 12.2. The molecule has 96 valence electrons. The summed E-state index contributed by atoms with van der Waals surface area (Å²) in [5.41, 5.74) is 5.65. The maximum atomic E-state index is 3.61. The minimum absolute atomic E-state index is 0.421. The smallest absolute Gasteiger partial charge is 0.0363 e. The van der Waals surface area contributed by atoms with Crippen molar-refractivity contribution in [1.82, 2.24) is 5.32 Å². The van der Waals surface area contributed by atoms with Crippen LogP contribution in [-0.4, -0.2) is 6.54 Å². The molecule has 0 aliphatic heterocycles. The summed E-state index contributed by atoms with van der Waals surface area (Å²) < 4.78 is 0. The first-order valence-electron chi connectivity index (χ1n) is 6.53. The molecular weight excluding hydrogens is 238 g/mol. The Hall–Kier alpha value is -1.12. The molecule has 1 nitrogen and oxygen atoms in total. The Morgan fingerprint density at radius 1 is 1.22 bits per heavy atom. The van der Waals surface area contributed by atoms with Crippen molar-refractivity contribution in [3.05, 3.63) is 57.3 Å². The average molecular weight is 259 g/mol. The summed E-state index contributed by atoms with van der Waals surface area (Å²) in [5, 5.41) is 8.01. The van der Waals surface area contributed by atoms with E-state index in [4.69, 9.17) is 0 Å². The first-order chi connectivity index (χ1) is 8.72. The Bertz CT molecular complexity index is 488. The van der Waals surface area contributed by atoms with Crippen LogP contribution >= 0.6 is 11.3 Å². The number of hydrogen-bond donors (Lipinski definition) is 1. The first-order valence-corrected chi connectivity index (χ1v) is 7.47. The second-order valence-corrected chi connectivity index (χ2v) is 5.52. The van der Waals surface area contributed by atoms with Gasteiger partial charge in [-0.15, -0.1) is 0 Å². The van der Waals surface area contributed by atoms with Crippen molar-refractivity contribution in [2.45, 2.75) is 33.2 Å². The summed E-state index contributed by atoms with van der Waals surface area (Å²) in [6.07, 6.45) is 1.07. The van der Waals surface area contributed by atoms with Gasteiger partial charge in [0.05, 0.1) is 0 Å². The van der Waals surface area contributed by atoms with Gasteiger partial charge in [-0.2, -0.15) is 11.3 Å². The minimum atomic E-state index is 0.421. The van der Waals surface area contributed by atoms with Gasteiger partial charge >= 0.3 is 0 Å². The van der Waals surface area contributed by atoms with E-state index in [0.717, 1.165) is 13.0 Å². The Labute approximate surface area is 114 Å². The highest BCUT2D eigenvalue weighted by Gasteiger charge is 2.14. The molecule has 0 saturated heterocycles. The van der Waals surface area contributed by atoms with Gasteiger partial charge in [0.25, 0.3) is 0 Å². The van der Waals surface area contributed by atoms with E-state index in [1.54, 1.807) is 11.3 Å². The normalized spacial score (nSPS) is 12.6. The van der Waals surface area contributed by atoms with Crippen molar-refractivity contribution in [2.75, 3.05) is 6.54 Å². The van der Waals surface area contributed by atoms with Crippen LogP contribution in [0.3, 0.4) is 0 Å². The Kier molecular flexibility index (Phi) is 4.56. The third kappa shape index (κ3) is 3.01. The molecule has 0 fully saturated rings. The number of aryl methyl sites for hydroxylation is 1. The van der Waals surface area contributed by atoms with Crippen molar-refractivity contribution in [1.29, 1.82) is 0 Å². The van der Waals surface area contributed by atoms with E-state index in [-0.39, 0.29) is 0 Å². The van der Waals surface area contributed by atoms with Gasteiger partial charge in [0, 0.05) is 6.04 Å². The Morgan fingerprint density at radius 3 is 2.72 bits per heavy atom. The molecule has 2 rings (SSSR count). The van der Waals surface area contributed by atoms with E-state index >= 15 is 0 Å². The highest BCUT2D eigenvalue weighted by Crippen LogP contribution is 2.24. The van der Waals surface area contributed by atoms with Gasteiger partial charge in [-0.3, -0.25) is 0 Å². The van der Waals surface area contributed by atoms with Crippen LogP contribution in [0.2, 0.25) is 0 Å². The van der Waals surface area contributed by atoms with Crippen molar-refractivity contribution in [3.8, 4) is 0 Å². The maximum Gasteiger partial charge on any atom is 0.0363 e. The molecule has 0 bridgehead atoms. The number of likely N-dealkylation sites (N-methyl/N-ethyl adjacent to an activating group) is 1. The number of benzene rings is 1. The molecule has 1 N–H and O–H groups in total. The number of nitrogens with one attached hydrogen (secondary N) is 1. The fourth-order valence-electron chi connectivity index (χ4n) is 2.33. The Morgan fingerprint density at radius 2 is 2.06 bits per heavy atom. The lowest BCUT2D eigenvalue weighted by Crippen LogP contribution is -2.23. The lowest BCUT2D eigenvalue weighted by Gasteiger charge is -2.21. The highest BCUT2D eigenvalue weighted by molar-refractivity contribution is 7.07. The molecule has 0 spiro atoms. The van der Waals surface area contributed by atoms with E-state index in [0.29, 0.717) is 6.04 Å². The number of rotatable bonds is 5. The quantitative estimate of drug-likeness (QED) is 0.846. The predicted molar refractivity (Wildman–Crippen MR) is 80.4 cm³/mol. The van der Waals surface area contributed by atoms with E-state index in [1.165, 1.54) is 22.3 Å². The van der Waals surface area contributed by atoms with Crippen LogP contribution in [0.5, 0.6) is 0 Å². The van der Waals surface area contributed by atoms with Crippen molar-refractivity contribution in [3.63, 3.8) is 0 Å². The molecule has 0 saturated carbocycles. The molecule has 1 aromatic heterocycles. The molecule has 0 aliphatic rings. The zero-order valence-electron chi connectivity index (χ0n) is 11.4. The van der Waals surface area contributed by atoms with Gasteiger partial charge in [0.1, 0.15) is 0 Å². The van der Waals surface area contributed by atoms with Gasteiger partial charge in [0.2, 0.25) is 0 Å². The number of hydrogen-bond acceptors (Lipinski definition) is 2. The number of thiophene rings is 1. The summed E-state index contributed by atoms with van der Waals surface area (Å²) in [4.78, 5) is 0. The highest BCUT2D eigenvalue weighted by atomic mass is 32.1. The fourth-order valence-corrected chi connectivity index (χ4v) is 3.02. The minimum Gasteiger partial charge on any atom is -0.310 e. The van der Waals surface area contributed by atoms with Crippen LogP contribution < -0.4 is 5.32 Å². The molecule has 0 radical (unpaired) electrons. The lowest BCUT2D eigenvalue weighted by molar-refractivity contribution is 0.547. The summed E-state index contributed by atoms with van der Waals surface area (Å²) in [5.74, 6) is 0. The monoisotopic (exact) mass is 259 g/mol. The fraction of sp³-hybridized carbons (Fsp3) is 0.375. The molecule has 0 amide bonds.